The van der Waals surface area contributed by atoms with E-state index in [1.807, 2.05) is 6.26 Å². The van der Waals surface area contributed by atoms with Crippen LogP contribution in [-0.4, -0.2) is 87.6 Å². The molecule has 11 heteroatoms. The lowest BCUT2D eigenvalue weighted by Gasteiger charge is -2.28. The van der Waals surface area contributed by atoms with Gasteiger partial charge in [-0.1, -0.05) is 0 Å². The second kappa shape index (κ2) is 11.2. The Morgan fingerprint density at radius 3 is 2.43 bits per heavy atom. The first-order chi connectivity index (χ1) is 13.1. The summed E-state index contributed by atoms with van der Waals surface area (Å²) in [5.74, 6) is -2.18. The summed E-state index contributed by atoms with van der Waals surface area (Å²) >= 11 is 1.48. The molecule has 0 radical (unpaired) electrons. The highest BCUT2D eigenvalue weighted by atomic mass is 32.2. The third-order valence-corrected chi connectivity index (χ3v) is 5.26. The zero-order valence-electron chi connectivity index (χ0n) is 16.4. The average Bonchev–Trinajstić information content (AvgIpc) is 3.12. The molecule has 0 spiro atoms. The first kappa shape index (κ1) is 24.2. The van der Waals surface area contributed by atoms with E-state index in [1.54, 1.807) is 0 Å². The third-order valence-electron chi connectivity index (χ3n) is 4.62. The molecule has 6 N–H and O–H groups in total. The first-order valence-corrected chi connectivity index (χ1v) is 10.6. The lowest BCUT2D eigenvalue weighted by atomic mass is 10.1. The summed E-state index contributed by atoms with van der Waals surface area (Å²) in [6, 6.07) is -3.90. The Labute approximate surface area is 168 Å². The number of aliphatic hydroxyl groups is 1. The van der Waals surface area contributed by atoms with Crippen molar-refractivity contribution in [2.24, 2.45) is 5.73 Å². The number of carbonyl (C=O) groups is 4. The topological polar surface area (TPSA) is 162 Å². The van der Waals surface area contributed by atoms with Gasteiger partial charge in [0.05, 0.1) is 6.10 Å². The highest BCUT2D eigenvalue weighted by Gasteiger charge is 2.38. The fourth-order valence-electron chi connectivity index (χ4n) is 2.90. The summed E-state index contributed by atoms with van der Waals surface area (Å²) in [7, 11) is 0. The lowest BCUT2D eigenvalue weighted by Crippen LogP contribution is -2.57. The molecule has 1 heterocycles. The largest absolute Gasteiger partial charge is 0.480 e. The van der Waals surface area contributed by atoms with Crippen LogP contribution in [0.25, 0.3) is 0 Å². The van der Waals surface area contributed by atoms with E-state index in [-0.39, 0.29) is 6.42 Å². The van der Waals surface area contributed by atoms with Crippen LogP contribution < -0.4 is 16.4 Å². The number of carboxylic acids is 1. The summed E-state index contributed by atoms with van der Waals surface area (Å²) in [5.41, 5.74) is 5.55. The number of amides is 3. The van der Waals surface area contributed by atoms with Crippen LogP contribution in [0.4, 0.5) is 0 Å². The lowest BCUT2D eigenvalue weighted by molar-refractivity contribution is -0.144. The van der Waals surface area contributed by atoms with Crippen LogP contribution in [0.5, 0.6) is 0 Å². The molecule has 0 bridgehead atoms. The number of carboxylic acid groups (broad SMARTS) is 1. The van der Waals surface area contributed by atoms with E-state index in [0.717, 1.165) is 0 Å². The van der Waals surface area contributed by atoms with E-state index in [4.69, 9.17) is 5.73 Å². The van der Waals surface area contributed by atoms with Crippen LogP contribution in [0.1, 0.15) is 33.1 Å². The minimum atomic E-state index is -1.17. The molecule has 1 rings (SSSR count). The third kappa shape index (κ3) is 6.64. The summed E-state index contributed by atoms with van der Waals surface area (Å²) in [6.45, 7) is 3.18. The van der Waals surface area contributed by atoms with Gasteiger partial charge < -0.3 is 31.5 Å². The Balaban J connectivity index is 2.74. The Morgan fingerprint density at radius 1 is 1.25 bits per heavy atom. The molecular formula is C17H30N4O6S. The maximum absolute atomic E-state index is 12.7. The normalized spacial score (nSPS) is 20.8. The molecule has 5 atom stereocenters. The van der Waals surface area contributed by atoms with Crippen molar-refractivity contribution in [1.82, 2.24) is 15.5 Å². The predicted octanol–water partition coefficient (Wildman–Crippen LogP) is -1.49. The molecular weight excluding hydrogens is 388 g/mol. The van der Waals surface area contributed by atoms with E-state index in [0.29, 0.717) is 25.1 Å². The predicted molar refractivity (Wildman–Crippen MR) is 105 cm³/mol. The number of thioether (sulfide) groups is 1. The van der Waals surface area contributed by atoms with Gasteiger partial charge in [-0.05, 0) is 45.1 Å². The first-order valence-electron chi connectivity index (χ1n) is 9.16. The molecule has 1 aliphatic heterocycles. The number of carbonyl (C=O) groups excluding carboxylic acids is 3. The summed E-state index contributed by atoms with van der Waals surface area (Å²) in [5, 5.41) is 23.6. The molecule has 1 fully saturated rings. The zero-order valence-corrected chi connectivity index (χ0v) is 17.2. The highest BCUT2D eigenvalue weighted by Crippen LogP contribution is 2.19. The van der Waals surface area contributed by atoms with Gasteiger partial charge in [-0.25, -0.2) is 4.79 Å². The van der Waals surface area contributed by atoms with Crippen LogP contribution in [0.15, 0.2) is 0 Å². The number of hydrogen-bond acceptors (Lipinski definition) is 7. The van der Waals surface area contributed by atoms with Gasteiger partial charge >= 0.3 is 5.97 Å². The fraction of sp³-hybridized carbons (Fsp3) is 0.765. The van der Waals surface area contributed by atoms with Gasteiger partial charge in [-0.3, -0.25) is 14.4 Å². The smallest absolute Gasteiger partial charge is 0.326 e. The van der Waals surface area contributed by atoms with Crippen LogP contribution in [0, 0.1) is 0 Å². The number of nitrogens with one attached hydrogen (secondary N) is 2. The van der Waals surface area contributed by atoms with Crippen molar-refractivity contribution in [2.75, 3.05) is 18.6 Å². The number of nitrogens with two attached hydrogens (primary N) is 1. The monoisotopic (exact) mass is 418 g/mol. The second-order valence-corrected chi connectivity index (χ2v) is 7.85. The zero-order chi connectivity index (χ0) is 21.4. The van der Waals surface area contributed by atoms with Crippen molar-refractivity contribution in [3.8, 4) is 0 Å². The van der Waals surface area contributed by atoms with E-state index in [9.17, 15) is 29.4 Å². The van der Waals surface area contributed by atoms with E-state index in [1.165, 1.54) is 30.5 Å². The van der Waals surface area contributed by atoms with Crippen LogP contribution >= 0.6 is 11.8 Å². The second-order valence-electron chi connectivity index (χ2n) is 6.87. The summed E-state index contributed by atoms with van der Waals surface area (Å²) < 4.78 is 0. The maximum atomic E-state index is 12.7. The number of hydrogen-bond donors (Lipinski definition) is 5. The molecule has 0 aromatic rings. The Bertz CT molecular complexity index is 588. The van der Waals surface area contributed by atoms with Crippen LogP contribution in [0.3, 0.4) is 0 Å². The number of likely N-dealkylation sites (tertiary alicyclic amines) is 1. The molecule has 28 heavy (non-hydrogen) atoms. The van der Waals surface area contributed by atoms with Gasteiger partial charge in [0.25, 0.3) is 0 Å². The van der Waals surface area contributed by atoms with Crippen molar-refractivity contribution < 1.29 is 29.4 Å². The summed E-state index contributed by atoms with van der Waals surface area (Å²) in [4.78, 5) is 49.9. The van der Waals surface area contributed by atoms with Gasteiger partial charge in [0.1, 0.15) is 24.2 Å². The van der Waals surface area contributed by atoms with Crippen molar-refractivity contribution >= 4 is 35.5 Å². The number of aliphatic carboxylic acids is 1. The average molecular weight is 419 g/mol. The van der Waals surface area contributed by atoms with Crippen molar-refractivity contribution in [1.29, 1.82) is 0 Å². The van der Waals surface area contributed by atoms with Crippen LogP contribution in [-0.2, 0) is 19.2 Å². The van der Waals surface area contributed by atoms with E-state index in [2.05, 4.69) is 10.6 Å². The van der Waals surface area contributed by atoms with Crippen molar-refractivity contribution in [3.63, 3.8) is 0 Å². The molecule has 1 saturated heterocycles. The molecule has 0 aromatic carbocycles. The van der Waals surface area contributed by atoms with Gasteiger partial charge in [-0.2, -0.15) is 11.8 Å². The van der Waals surface area contributed by atoms with Crippen molar-refractivity contribution in [2.45, 2.75) is 63.4 Å². The minimum Gasteiger partial charge on any atom is -0.480 e. The molecule has 0 saturated carbocycles. The van der Waals surface area contributed by atoms with Gasteiger partial charge in [0, 0.05) is 6.54 Å². The highest BCUT2D eigenvalue weighted by molar-refractivity contribution is 7.98. The SMILES string of the molecule is CSCCC(NC(=O)C1CCCN1C(=O)C(C)NC(=O)C(N)C(C)O)C(=O)O. The standard InChI is InChI=1S/C17H30N4O6S/c1-9(19-15(24)13(18)10(2)22)16(25)21-7-4-5-12(21)14(23)20-11(17(26)27)6-8-28-3/h9-13,22H,4-8,18H2,1-3H3,(H,19,24)(H,20,23)(H,26,27). The maximum Gasteiger partial charge on any atom is 0.326 e. The molecule has 10 nitrogen and oxygen atoms in total. The fourth-order valence-corrected chi connectivity index (χ4v) is 3.37. The number of nitrogens with zero attached hydrogens (tertiary/aromatic N) is 1. The molecule has 3 amide bonds. The Morgan fingerprint density at radius 2 is 1.89 bits per heavy atom. The quantitative estimate of drug-likeness (QED) is 0.287. The molecule has 5 unspecified atom stereocenters. The van der Waals surface area contributed by atoms with Crippen LogP contribution in [0.2, 0.25) is 0 Å². The van der Waals surface area contributed by atoms with Gasteiger partial charge in [0.15, 0.2) is 0 Å². The van der Waals surface area contributed by atoms with Crippen molar-refractivity contribution in [3.05, 3.63) is 0 Å². The Kier molecular flexibility index (Phi) is 9.70. The molecule has 0 aliphatic carbocycles. The van der Waals surface area contributed by atoms with Gasteiger partial charge in [0.2, 0.25) is 17.7 Å². The number of rotatable bonds is 10. The Hall–Kier alpha value is -1.85. The minimum absolute atomic E-state index is 0.284. The van der Waals surface area contributed by atoms with Gasteiger partial charge in [-0.15, -0.1) is 0 Å². The van der Waals surface area contributed by atoms with E-state index < -0.39 is 54.0 Å². The van der Waals surface area contributed by atoms with E-state index >= 15 is 0 Å². The number of aliphatic hydroxyl groups excluding tert-OH is 1. The molecule has 0 aromatic heterocycles. The molecule has 1 aliphatic rings. The summed E-state index contributed by atoms with van der Waals surface area (Å²) in [6.07, 6.45) is 2.08. The molecule has 160 valence electrons.